The van der Waals surface area contributed by atoms with Gasteiger partial charge in [-0.1, -0.05) is 26.3 Å². The van der Waals surface area contributed by atoms with Crippen molar-refractivity contribution in [2.24, 2.45) is 5.73 Å². The second-order valence-electron chi connectivity index (χ2n) is 5.11. The number of rotatable bonds is 7. The zero-order valence-corrected chi connectivity index (χ0v) is 12.2. The van der Waals surface area contributed by atoms with Gasteiger partial charge < -0.3 is 5.73 Å². The van der Waals surface area contributed by atoms with E-state index in [1.807, 2.05) is 13.0 Å². The molecule has 0 bridgehead atoms. The Morgan fingerprint density at radius 2 is 2.06 bits per heavy atom. The Labute approximate surface area is 111 Å². The van der Waals surface area contributed by atoms with Gasteiger partial charge in [0.25, 0.3) is 0 Å². The Bertz CT molecular complexity index is 351. The molecule has 18 heavy (non-hydrogen) atoms. The number of hydrogen-bond acceptors (Lipinski definition) is 3. The highest BCUT2D eigenvalue weighted by Crippen LogP contribution is 2.13. The van der Waals surface area contributed by atoms with Crippen molar-refractivity contribution in [2.75, 3.05) is 7.05 Å². The molecule has 0 aromatic carbocycles. The Balaban J connectivity index is 2.64. The number of likely N-dealkylation sites (N-methyl/N-ethyl adjacent to an activating group) is 1. The average Bonchev–Trinajstić information content (AvgIpc) is 2.30. The number of aromatic nitrogens is 1. The minimum atomic E-state index is 0.259. The lowest BCUT2D eigenvalue weighted by molar-refractivity contribution is 0.189. The molecule has 0 amide bonds. The van der Waals surface area contributed by atoms with Crippen molar-refractivity contribution in [2.45, 2.75) is 58.7 Å². The first-order chi connectivity index (χ1) is 8.58. The van der Waals surface area contributed by atoms with E-state index in [1.54, 1.807) is 0 Å². The molecule has 0 spiro atoms. The van der Waals surface area contributed by atoms with Crippen LogP contribution in [0.3, 0.4) is 0 Å². The summed E-state index contributed by atoms with van der Waals surface area (Å²) in [5.74, 6) is 0. The smallest absolute Gasteiger partial charge is 0.0547 e. The normalized spacial score (nSPS) is 14.8. The maximum Gasteiger partial charge on any atom is 0.0547 e. The molecular formula is C15H27N3. The maximum atomic E-state index is 6.26. The van der Waals surface area contributed by atoms with E-state index in [0.717, 1.165) is 37.2 Å². The third-order valence-corrected chi connectivity index (χ3v) is 3.46. The zero-order chi connectivity index (χ0) is 13.5. The molecule has 0 aliphatic rings. The molecule has 2 N–H and O–H groups in total. The summed E-state index contributed by atoms with van der Waals surface area (Å²) in [7, 11) is 2.15. The first kappa shape index (κ1) is 15.1. The molecule has 1 aromatic rings. The Morgan fingerprint density at radius 3 is 2.61 bits per heavy atom. The van der Waals surface area contributed by atoms with Crippen LogP contribution in [0.1, 0.15) is 44.5 Å². The molecule has 3 heteroatoms. The van der Waals surface area contributed by atoms with E-state index in [0.29, 0.717) is 6.04 Å². The number of pyridine rings is 1. The van der Waals surface area contributed by atoms with Crippen molar-refractivity contribution in [3.05, 3.63) is 29.6 Å². The van der Waals surface area contributed by atoms with Crippen LogP contribution in [-0.4, -0.2) is 29.0 Å². The lowest BCUT2D eigenvalue weighted by atomic mass is 10.0. The topological polar surface area (TPSA) is 42.1 Å². The van der Waals surface area contributed by atoms with Crippen molar-refractivity contribution < 1.29 is 0 Å². The Hall–Kier alpha value is -0.930. The number of nitrogens with two attached hydrogens (primary N) is 1. The fraction of sp³-hybridized carbons (Fsp3) is 0.667. The molecule has 1 rings (SSSR count). The van der Waals surface area contributed by atoms with Crippen LogP contribution in [0.4, 0.5) is 0 Å². The number of hydrogen-bond donors (Lipinski definition) is 1. The first-order valence-electron chi connectivity index (χ1n) is 6.96. The molecule has 0 aliphatic carbocycles. The predicted octanol–water partition coefficient (Wildman–Crippen LogP) is 2.73. The van der Waals surface area contributed by atoms with E-state index >= 15 is 0 Å². The van der Waals surface area contributed by atoms with E-state index in [-0.39, 0.29) is 6.04 Å². The number of nitrogens with zero attached hydrogens (tertiary/aromatic N) is 2. The highest BCUT2D eigenvalue weighted by molar-refractivity contribution is 5.09. The highest BCUT2D eigenvalue weighted by atomic mass is 15.1. The highest BCUT2D eigenvalue weighted by Gasteiger charge is 2.20. The predicted molar refractivity (Wildman–Crippen MR) is 77.4 cm³/mol. The van der Waals surface area contributed by atoms with Gasteiger partial charge in [0.15, 0.2) is 0 Å². The zero-order valence-electron chi connectivity index (χ0n) is 12.2. The van der Waals surface area contributed by atoms with Crippen LogP contribution in [0.15, 0.2) is 18.2 Å². The van der Waals surface area contributed by atoms with Crippen LogP contribution in [-0.2, 0) is 6.54 Å². The lowest BCUT2D eigenvalue weighted by Gasteiger charge is -2.31. The molecule has 0 fully saturated rings. The van der Waals surface area contributed by atoms with Crippen molar-refractivity contribution in [3.8, 4) is 0 Å². The molecule has 3 nitrogen and oxygen atoms in total. The number of aryl methyl sites for hydroxylation is 1. The van der Waals surface area contributed by atoms with Gasteiger partial charge >= 0.3 is 0 Å². The van der Waals surface area contributed by atoms with Crippen LogP contribution in [0.2, 0.25) is 0 Å². The van der Waals surface area contributed by atoms with Crippen LogP contribution in [0.25, 0.3) is 0 Å². The van der Waals surface area contributed by atoms with Gasteiger partial charge in [0, 0.05) is 24.3 Å². The molecule has 0 aliphatic heterocycles. The SMILES string of the molecule is CCCC(N)C(CC)N(C)Cc1cccc(C)n1. The van der Waals surface area contributed by atoms with E-state index in [4.69, 9.17) is 5.73 Å². The summed E-state index contributed by atoms with van der Waals surface area (Å²) in [5.41, 5.74) is 8.46. The quantitative estimate of drug-likeness (QED) is 0.808. The van der Waals surface area contributed by atoms with Crippen molar-refractivity contribution in [3.63, 3.8) is 0 Å². The van der Waals surface area contributed by atoms with E-state index in [2.05, 4.69) is 42.9 Å². The summed E-state index contributed by atoms with van der Waals surface area (Å²) in [6.07, 6.45) is 3.32. The van der Waals surface area contributed by atoms with Crippen molar-refractivity contribution in [1.29, 1.82) is 0 Å². The Morgan fingerprint density at radius 1 is 1.33 bits per heavy atom. The summed E-state index contributed by atoms with van der Waals surface area (Å²) < 4.78 is 0. The fourth-order valence-corrected chi connectivity index (χ4v) is 2.53. The Kier molecular flexibility index (Phi) is 6.30. The molecule has 2 unspecified atom stereocenters. The summed E-state index contributed by atoms with van der Waals surface area (Å²) in [5, 5.41) is 0. The monoisotopic (exact) mass is 249 g/mol. The van der Waals surface area contributed by atoms with Gasteiger partial charge in [0.1, 0.15) is 0 Å². The lowest BCUT2D eigenvalue weighted by Crippen LogP contribution is -2.45. The first-order valence-corrected chi connectivity index (χ1v) is 6.96. The van der Waals surface area contributed by atoms with Crippen molar-refractivity contribution >= 4 is 0 Å². The molecule has 102 valence electrons. The molecule has 0 radical (unpaired) electrons. The van der Waals surface area contributed by atoms with Gasteiger partial charge in [-0.3, -0.25) is 9.88 Å². The van der Waals surface area contributed by atoms with E-state index in [1.165, 1.54) is 0 Å². The third-order valence-electron chi connectivity index (χ3n) is 3.46. The second kappa shape index (κ2) is 7.49. The fourth-order valence-electron chi connectivity index (χ4n) is 2.53. The van der Waals surface area contributed by atoms with E-state index < -0.39 is 0 Å². The maximum absolute atomic E-state index is 6.26. The van der Waals surface area contributed by atoms with E-state index in [9.17, 15) is 0 Å². The van der Waals surface area contributed by atoms with Gasteiger partial charge in [0.2, 0.25) is 0 Å². The van der Waals surface area contributed by atoms with Gasteiger partial charge in [-0.25, -0.2) is 0 Å². The summed E-state index contributed by atoms with van der Waals surface area (Å²) in [4.78, 5) is 6.89. The largest absolute Gasteiger partial charge is 0.326 e. The van der Waals surface area contributed by atoms with Crippen LogP contribution in [0, 0.1) is 6.92 Å². The van der Waals surface area contributed by atoms with Crippen LogP contribution in [0.5, 0.6) is 0 Å². The average molecular weight is 249 g/mol. The second-order valence-corrected chi connectivity index (χ2v) is 5.11. The summed E-state index contributed by atoms with van der Waals surface area (Å²) in [6.45, 7) is 7.30. The molecule has 2 atom stereocenters. The van der Waals surface area contributed by atoms with Gasteiger partial charge in [0.05, 0.1) is 5.69 Å². The minimum Gasteiger partial charge on any atom is -0.326 e. The van der Waals surface area contributed by atoms with Crippen molar-refractivity contribution in [1.82, 2.24) is 9.88 Å². The van der Waals surface area contributed by atoms with Gasteiger partial charge in [-0.2, -0.15) is 0 Å². The molecule has 1 heterocycles. The molecule has 1 aromatic heterocycles. The van der Waals surface area contributed by atoms with Gasteiger partial charge in [-0.05, 0) is 38.9 Å². The molecule has 0 saturated heterocycles. The minimum absolute atomic E-state index is 0.259. The third kappa shape index (κ3) is 4.39. The standard InChI is InChI=1S/C15H27N3/c1-5-8-14(16)15(6-2)18(4)11-13-10-7-9-12(3)17-13/h7,9-10,14-15H,5-6,8,11,16H2,1-4H3. The summed E-state index contributed by atoms with van der Waals surface area (Å²) in [6, 6.07) is 6.88. The summed E-state index contributed by atoms with van der Waals surface area (Å²) >= 11 is 0. The van der Waals surface area contributed by atoms with Gasteiger partial charge in [-0.15, -0.1) is 0 Å². The molecular weight excluding hydrogens is 222 g/mol. The van der Waals surface area contributed by atoms with Crippen LogP contribution < -0.4 is 5.73 Å². The van der Waals surface area contributed by atoms with Crippen LogP contribution >= 0.6 is 0 Å². The molecule has 0 saturated carbocycles.